The zero-order valence-electron chi connectivity index (χ0n) is 14.4. The number of nitro groups is 1. The second kappa shape index (κ2) is 7.94. The molecule has 0 aromatic heterocycles. The number of alkyl halides is 3. The summed E-state index contributed by atoms with van der Waals surface area (Å²) in [5, 5.41) is 13.5. The Morgan fingerprint density at radius 2 is 1.93 bits per heavy atom. The summed E-state index contributed by atoms with van der Waals surface area (Å²) in [6.45, 7) is -1.46. The highest BCUT2D eigenvalue weighted by molar-refractivity contribution is 6.08. The highest BCUT2D eigenvalue weighted by Crippen LogP contribution is 2.26. The zero-order valence-corrected chi connectivity index (χ0v) is 14.4. The lowest BCUT2D eigenvalue weighted by Crippen LogP contribution is -2.20. The lowest BCUT2D eigenvalue weighted by atomic mass is 10.1. The molecular weight excluding hydrogens is 367 g/mol. The van der Waals surface area contributed by atoms with Gasteiger partial charge in [0, 0.05) is 43.7 Å². The maximum absolute atomic E-state index is 12.6. The minimum atomic E-state index is -4.48. The standard InChI is InChI=1S/C17H16F3N3O4/c1-22(2)15-7-6-12(23(25)26)9-14(15)16(24)21-11-4-3-5-13(8-11)27-10-17(18,19)20/h3-9H,10H2,1-2H3,(H,21,24). The first kappa shape index (κ1) is 20.0. The van der Waals surface area contributed by atoms with Crippen LogP contribution in [0.1, 0.15) is 10.4 Å². The van der Waals surface area contributed by atoms with Crippen molar-refractivity contribution in [3.8, 4) is 5.75 Å². The molecule has 0 fully saturated rings. The summed E-state index contributed by atoms with van der Waals surface area (Å²) in [4.78, 5) is 24.5. The molecule has 144 valence electrons. The summed E-state index contributed by atoms with van der Waals surface area (Å²) in [7, 11) is 3.34. The van der Waals surface area contributed by atoms with Crippen LogP contribution in [-0.2, 0) is 0 Å². The van der Waals surface area contributed by atoms with Gasteiger partial charge in [0.05, 0.1) is 10.5 Å². The Hall–Kier alpha value is -3.30. The fraction of sp³-hybridized carbons (Fsp3) is 0.235. The topological polar surface area (TPSA) is 84.7 Å². The third-order valence-electron chi connectivity index (χ3n) is 3.41. The molecule has 1 amide bonds. The lowest BCUT2D eigenvalue weighted by Gasteiger charge is -2.17. The van der Waals surface area contributed by atoms with Crippen LogP contribution >= 0.6 is 0 Å². The number of benzene rings is 2. The Balaban J connectivity index is 2.24. The van der Waals surface area contributed by atoms with Crippen molar-refractivity contribution in [1.82, 2.24) is 0 Å². The van der Waals surface area contributed by atoms with Crippen LogP contribution < -0.4 is 15.0 Å². The molecule has 0 saturated heterocycles. The van der Waals surface area contributed by atoms with Crippen molar-refractivity contribution < 1.29 is 27.6 Å². The molecule has 0 aliphatic heterocycles. The maximum atomic E-state index is 12.6. The lowest BCUT2D eigenvalue weighted by molar-refractivity contribution is -0.384. The minimum absolute atomic E-state index is 0.0517. The van der Waals surface area contributed by atoms with E-state index in [9.17, 15) is 28.1 Å². The predicted octanol–water partition coefficient (Wildman–Crippen LogP) is 3.85. The van der Waals surface area contributed by atoms with Crippen molar-refractivity contribution in [2.45, 2.75) is 6.18 Å². The van der Waals surface area contributed by atoms with E-state index in [1.54, 1.807) is 19.0 Å². The first-order chi connectivity index (χ1) is 12.6. The van der Waals surface area contributed by atoms with Crippen molar-refractivity contribution in [3.63, 3.8) is 0 Å². The number of nitrogens with zero attached hydrogens (tertiary/aromatic N) is 2. The molecule has 0 unspecified atom stereocenters. The van der Waals surface area contributed by atoms with Gasteiger partial charge in [-0.25, -0.2) is 0 Å². The van der Waals surface area contributed by atoms with E-state index in [0.29, 0.717) is 5.69 Å². The third-order valence-corrected chi connectivity index (χ3v) is 3.41. The molecule has 10 heteroatoms. The Kier molecular flexibility index (Phi) is 5.88. The van der Waals surface area contributed by atoms with Crippen molar-refractivity contribution in [3.05, 3.63) is 58.1 Å². The summed E-state index contributed by atoms with van der Waals surface area (Å²) in [6, 6.07) is 9.28. The quantitative estimate of drug-likeness (QED) is 0.605. The summed E-state index contributed by atoms with van der Waals surface area (Å²) < 4.78 is 41.4. The summed E-state index contributed by atoms with van der Waals surface area (Å²) in [5.41, 5.74) is 0.433. The van der Waals surface area contributed by atoms with Gasteiger partial charge >= 0.3 is 6.18 Å². The van der Waals surface area contributed by atoms with Gasteiger partial charge in [0.1, 0.15) is 5.75 Å². The molecule has 0 aliphatic rings. The molecule has 0 bridgehead atoms. The molecular formula is C17H16F3N3O4. The van der Waals surface area contributed by atoms with Gasteiger partial charge in [-0.3, -0.25) is 14.9 Å². The second-order valence-corrected chi connectivity index (χ2v) is 5.74. The molecule has 0 heterocycles. The smallest absolute Gasteiger partial charge is 0.422 e. The zero-order chi connectivity index (χ0) is 20.2. The molecule has 0 spiro atoms. The number of carbonyl (C=O) groups is 1. The van der Waals surface area contributed by atoms with Crippen LogP contribution in [0.5, 0.6) is 5.75 Å². The van der Waals surface area contributed by atoms with Crippen molar-refractivity contribution >= 4 is 23.0 Å². The van der Waals surface area contributed by atoms with Crippen LogP contribution in [0.25, 0.3) is 0 Å². The number of anilines is 2. The Morgan fingerprint density at radius 1 is 1.22 bits per heavy atom. The van der Waals surface area contributed by atoms with Crippen LogP contribution in [-0.4, -0.2) is 37.7 Å². The van der Waals surface area contributed by atoms with Crippen molar-refractivity contribution in [1.29, 1.82) is 0 Å². The van der Waals surface area contributed by atoms with Gasteiger partial charge < -0.3 is 15.0 Å². The molecule has 2 aromatic rings. The molecule has 0 saturated carbocycles. The van der Waals surface area contributed by atoms with E-state index in [2.05, 4.69) is 10.1 Å². The minimum Gasteiger partial charge on any atom is -0.484 e. The number of nitro benzene ring substituents is 1. The van der Waals surface area contributed by atoms with Gasteiger partial charge in [-0.15, -0.1) is 0 Å². The molecule has 2 aromatic carbocycles. The first-order valence-electron chi connectivity index (χ1n) is 7.63. The predicted molar refractivity (Wildman–Crippen MR) is 93.4 cm³/mol. The molecule has 2 rings (SSSR count). The van der Waals surface area contributed by atoms with Crippen molar-refractivity contribution in [2.24, 2.45) is 0 Å². The highest BCUT2D eigenvalue weighted by atomic mass is 19.4. The molecule has 27 heavy (non-hydrogen) atoms. The van der Waals surface area contributed by atoms with E-state index in [1.165, 1.54) is 36.4 Å². The van der Waals surface area contributed by atoms with Crippen LogP contribution in [0.3, 0.4) is 0 Å². The highest BCUT2D eigenvalue weighted by Gasteiger charge is 2.28. The van der Waals surface area contributed by atoms with E-state index in [0.717, 1.165) is 6.07 Å². The molecule has 0 aliphatic carbocycles. The van der Waals surface area contributed by atoms with Gasteiger partial charge in [-0.1, -0.05) is 6.07 Å². The SMILES string of the molecule is CN(C)c1ccc([N+](=O)[O-])cc1C(=O)Nc1cccc(OCC(F)(F)F)c1. The number of carbonyl (C=O) groups excluding carboxylic acids is 1. The average Bonchev–Trinajstić information content (AvgIpc) is 2.59. The number of rotatable bonds is 6. The van der Waals surface area contributed by atoms with Gasteiger partial charge in [-0.2, -0.15) is 13.2 Å². The number of amides is 1. The number of hydrogen-bond donors (Lipinski definition) is 1. The number of ether oxygens (including phenoxy) is 1. The molecule has 0 atom stereocenters. The van der Waals surface area contributed by atoms with E-state index >= 15 is 0 Å². The molecule has 1 N–H and O–H groups in total. The maximum Gasteiger partial charge on any atom is 0.422 e. The van der Waals surface area contributed by atoms with Crippen LogP contribution in [0.2, 0.25) is 0 Å². The molecule has 7 nitrogen and oxygen atoms in total. The second-order valence-electron chi connectivity index (χ2n) is 5.74. The van der Waals surface area contributed by atoms with Crippen LogP contribution in [0.4, 0.5) is 30.2 Å². The van der Waals surface area contributed by atoms with Gasteiger partial charge in [0.2, 0.25) is 0 Å². The summed E-state index contributed by atoms with van der Waals surface area (Å²) >= 11 is 0. The number of nitrogens with one attached hydrogen (secondary N) is 1. The van der Waals surface area contributed by atoms with E-state index in [4.69, 9.17) is 0 Å². The van der Waals surface area contributed by atoms with E-state index < -0.39 is 23.6 Å². The van der Waals surface area contributed by atoms with Gasteiger partial charge in [0.15, 0.2) is 6.61 Å². The third kappa shape index (κ3) is 5.59. The first-order valence-corrected chi connectivity index (χ1v) is 7.63. The summed E-state index contributed by atoms with van der Waals surface area (Å²) in [5.74, 6) is -0.715. The van der Waals surface area contributed by atoms with Crippen LogP contribution in [0, 0.1) is 10.1 Å². The van der Waals surface area contributed by atoms with Crippen molar-refractivity contribution in [2.75, 3.05) is 30.9 Å². The van der Waals surface area contributed by atoms with Gasteiger partial charge in [-0.05, 0) is 18.2 Å². The Morgan fingerprint density at radius 3 is 2.52 bits per heavy atom. The Labute approximate surface area is 152 Å². The monoisotopic (exact) mass is 383 g/mol. The number of halogens is 3. The molecule has 0 radical (unpaired) electrons. The normalized spacial score (nSPS) is 11.0. The number of hydrogen-bond acceptors (Lipinski definition) is 5. The summed E-state index contributed by atoms with van der Waals surface area (Å²) in [6.07, 6.45) is -4.48. The van der Waals surface area contributed by atoms with E-state index in [-0.39, 0.29) is 22.7 Å². The Bertz CT molecular complexity index is 854. The van der Waals surface area contributed by atoms with E-state index in [1.807, 2.05) is 0 Å². The average molecular weight is 383 g/mol. The fourth-order valence-electron chi connectivity index (χ4n) is 2.24. The van der Waals surface area contributed by atoms with Crippen LogP contribution in [0.15, 0.2) is 42.5 Å². The number of non-ortho nitro benzene ring substituents is 1. The fourth-order valence-corrected chi connectivity index (χ4v) is 2.24. The largest absolute Gasteiger partial charge is 0.484 e. The van der Waals surface area contributed by atoms with Gasteiger partial charge in [0.25, 0.3) is 11.6 Å².